The molecule has 0 spiro atoms. The normalized spacial score (nSPS) is 21.5. The van der Waals surface area contributed by atoms with Crippen molar-refractivity contribution >= 4 is 11.6 Å². The van der Waals surface area contributed by atoms with Crippen molar-refractivity contribution in [1.82, 2.24) is 0 Å². The summed E-state index contributed by atoms with van der Waals surface area (Å²) in [6.45, 7) is 4.64. The van der Waals surface area contributed by atoms with Gasteiger partial charge in [-0.1, -0.05) is 39.5 Å². The number of alkyl halides is 1. The molecular formula is C12H23Cl. The molecule has 0 amide bonds. The second-order valence-electron chi connectivity index (χ2n) is 4.87. The summed E-state index contributed by atoms with van der Waals surface area (Å²) in [4.78, 5) is 0. The summed E-state index contributed by atoms with van der Waals surface area (Å²) in [7, 11) is 0. The van der Waals surface area contributed by atoms with Crippen LogP contribution in [-0.4, -0.2) is 5.88 Å². The molecule has 0 N–H and O–H groups in total. The molecular weight excluding hydrogens is 180 g/mol. The summed E-state index contributed by atoms with van der Waals surface area (Å²) in [5.41, 5.74) is 0.468. The lowest BCUT2D eigenvalue weighted by molar-refractivity contribution is 0.277. The Morgan fingerprint density at radius 2 is 1.92 bits per heavy atom. The third-order valence-electron chi connectivity index (χ3n) is 3.47. The fourth-order valence-corrected chi connectivity index (χ4v) is 2.47. The van der Waals surface area contributed by atoms with E-state index in [0.29, 0.717) is 5.41 Å². The molecule has 0 heterocycles. The van der Waals surface area contributed by atoms with Crippen molar-refractivity contribution in [3.05, 3.63) is 0 Å². The number of hydrogen-bond donors (Lipinski definition) is 0. The van der Waals surface area contributed by atoms with E-state index >= 15 is 0 Å². The van der Waals surface area contributed by atoms with Crippen LogP contribution in [0.2, 0.25) is 0 Å². The van der Waals surface area contributed by atoms with Gasteiger partial charge in [0.1, 0.15) is 0 Å². The number of unbranched alkanes of at least 4 members (excludes halogenated alkanes) is 3. The van der Waals surface area contributed by atoms with E-state index in [1.165, 1.54) is 44.9 Å². The third kappa shape index (κ3) is 3.50. The van der Waals surface area contributed by atoms with Crippen LogP contribution >= 0.6 is 11.6 Å². The topological polar surface area (TPSA) is 0 Å². The Kier molecular flexibility index (Phi) is 4.58. The summed E-state index contributed by atoms with van der Waals surface area (Å²) in [5, 5.41) is 0. The Hall–Kier alpha value is 0.290. The van der Waals surface area contributed by atoms with E-state index in [0.717, 1.165) is 11.8 Å². The minimum atomic E-state index is 0.468. The predicted octanol–water partition coefficient (Wildman–Crippen LogP) is 4.61. The molecule has 1 heteroatoms. The smallest absolute Gasteiger partial charge is 0.0280 e. The first-order valence-electron chi connectivity index (χ1n) is 5.79. The number of halogens is 1. The monoisotopic (exact) mass is 202 g/mol. The van der Waals surface area contributed by atoms with Crippen LogP contribution in [0.3, 0.4) is 0 Å². The highest BCUT2D eigenvalue weighted by atomic mass is 35.5. The first-order valence-corrected chi connectivity index (χ1v) is 6.32. The maximum Gasteiger partial charge on any atom is 0.0280 e. The van der Waals surface area contributed by atoms with Gasteiger partial charge in [-0.3, -0.25) is 0 Å². The molecule has 1 rings (SSSR count). The first kappa shape index (κ1) is 11.4. The van der Waals surface area contributed by atoms with E-state index in [2.05, 4.69) is 13.8 Å². The lowest BCUT2D eigenvalue weighted by atomic mass is 9.82. The standard InChI is InChI=1S/C12H23Cl/c1-3-4-5-6-9-12(2,10-13)11-7-8-11/h11H,3-10H2,1-2H3. The van der Waals surface area contributed by atoms with Crippen molar-refractivity contribution < 1.29 is 0 Å². The fraction of sp³-hybridized carbons (Fsp3) is 1.00. The number of hydrogen-bond acceptors (Lipinski definition) is 0. The molecule has 1 unspecified atom stereocenters. The highest BCUT2D eigenvalue weighted by Gasteiger charge is 2.39. The lowest BCUT2D eigenvalue weighted by Gasteiger charge is -2.26. The molecule has 0 nitrogen and oxygen atoms in total. The number of rotatable bonds is 7. The van der Waals surface area contributed by atoms with Gasteiger partial charge in [0.2, 0.25) is 0 Å². The summed E-state index contributed by atoms with van der Waals surface area (Å²) < 4.78 is 0. The molecule has 0 aromatic heterocycles. The van der Waals surface area contributed by atoms with Crippen LogP contribution in [0.4, 0.5) is 0 Å². The van der Waals surface area contributed by atoms with Crippen molar-refractivity contribution in [2.75, 3.05) is 5.88 Å². The molecule has 0 radical (unpaired) electrons. The van der Waals surface area contributed by atoms with E-state index in [1.54, 1.807) is 0 Å². The van der Waals surface area contributed by atoms with Crippen LogP contribution in [0.25, 0.3) is 0 Å². The van der Waals surface area contributed by atoms with Gasteiger partial charge in [-0.05, 0) is 30.6 Å². The predicted molar refractivity (Wildman–Crippen MR) is 60.3 cm³/mol. The molecule has 0 aromatic rings. The van der Waals surface area contributed by atoms with E-state index in [1.807, 2.05) is 0 Å². The molecule has 78 valence electrons. The van der Waals surface area contributed by atoms with E-state index < -0.39 is 0 Å². The van der Waals surface area contributed by atoms with E-state index in [4.69, 9.17) is 11.6 Å². The SMILES string of the molecule is CCCCCCC(C)(CCl)C1CC1. The van der Waals surface area contributed by atoms with Crippen molar-refractivity contribution in [1.29, 1.82) is 0 Å². The lowest BCUT2D eigenvalue weighted by Crippen LogP contribution is -2.21. The molecule has 0 saturated heterocycles. The summed E-state index contributed by atoms with van der Waals surface area (Å²) in [6.07, 6.45) is 9.71. The zero-order valence-corrected chi connectivity index (χ0v) is 9.87. The zero-order chi connectivity index (χ0) is 9.73. The quantitative estimate of drug-likeness (QED) is 0.418. The van der Waals surface area contributed by atoms with Gasteiger partial charge in [0.15, 0.2) is 0 Å². The largest absolute Gasteiger partial charge is 0.126 e. The average molecular weight is 203 g/mol. The van der Waals surface area contributed by atoms with Crippen LogP contribution < -0.4 is 0 Å². The van der Waals surface area contributed by atoms with Crippen molar-refractivity contribution in [3.8, 4) is 0 Å². The van der Waals surface area contributed by atoms with Gasteiger partial charge in [-0.15, -0.1) is 11.6 Å². The minimum Gasteiger partial charge on any atom is -0.126 e. The van der Waals surface area contributed by atoms with Crippen molar-refractivity contribution in [2.24, 2.45) is 11.3 Å². The van der Waals surface area contributed by atoms with Crippen LogP contribution in [0.5, 0.6) is 0 Å². The Morgan fingerprint density at radius 1 is 1.23 bits per heavy atom. The van der Waals surface area contributed by atoms with Crippen LogP contribution in [0.15, 0.2) is 0 Å². The van der Waals surface area contributed by atoms with E-state index in [9.17, 15) is 0 Å². The van der Waals surface area contributed by atoms with Gasteiger partial charge < -0.3 is 0 Å². The van der Waals surface area contributed by atoms with Crippen LogP contribution in [-0.2, 0) is 0 Å². The summed E-state index contributed by atoms with van der Waals surface area (Å²) >= 11 is 6.06. The second kappa shape index (κ2) is 5.24. The van der Waals surface area contributed by atoms with Gasteiger partial charge >= 0.3 is 0 Å². The summed E-state index contributed by atoms with van der Waals surface area (Å²) in [5.74, 6) is 1.82. The van der Waals surface area contributed by atoms with Crippen molar-refractivity contribution in [3.63, 3.8) is 0 Å². The molecule has 0 aromatic carbocycles. The maximum absolute atomic E-state index is 6.06. The molecule has 1 fully saturated rings. The Balaban J connectivity index is 2.15. The average Bonchev–Trinajstić information content (AvgIpc) is 2.95. The summed E-state index contributed by atoms with van der Waals surface area (Å²) in [6, 6.07) is 0. The van der Waals surface area contributed by atoms with Crippen LogP contribution in [0, 0.1) is 11.3 Å². The minimum absolute atomic E-state index is 0.468. The van der Waals surface area contributed by atoms with Gasteiger partial charge in [0.05, 0.1) is 0 Å². The Labute approximate surface area is 88.1 Å². The molecule has 1 atom stereocenters. The maximum atomic E-state index is 6.06. The van der Waals surface area contributed by atoms with Gasteiger partial charge in [0.25, 0.3) is 0 Å². The first-order chi connectivity index (χ1) is 6.23. The molecule has 13 heavy (non-hydrogen) atoms. The fourth-order valence-electron chi connectivity index (χ4n) is 2.12. The highest BCUT2D eigenvalue weighted by Crippen LogP contribution is 2.49. The highest BCUT2D eigenvalue weighted by molar-refractivity contribution is 6.18. The molecule has 1 saturated carbocycles. The second-order valence-corrected chi connectivity index (χ2v) is 5.14. The molecule has 0 aliphatic heterocycles. The third-order valence-corrected chi connectivity index (χ3v) is 4.08. The van der Waals surface area contributed by atoms with E-state index in [-0.39, 0.29) is 0 Å². The van der Waals surface area contributed by atoms with Gasteiger partial charge in [-0.25, -0.2) is 0 Å². The van der Waals surface area contributed by atoms with Gasteiger partial charge in [0, 0.05) is 5.88 Å². The molecule has 1 aliphatic rings. The molecule has 1 aliphatic carbocycles. The zero-order valence-electron chi connectivity index (χ0n) is 9.11. The van der Waals surface area contributed by atoms with Gasteiger partial charge in [-0.2, -0.15) is 0 Å². The molecule has 0 bridgehead atoms. The Bertz CT molecular complexity index is 140. The van der Waals surface area contributed by atoms with Crippen LogP contribution in [0.1, 0.15) is 58.8 Å². The Morgan fingerprint density at radius 3 is 2.38 bits per heavy atom. The van der Waals surface area contributed by atoms with Crippen molar-refractivity contribution in [2.45, 2.75) is 58.8 Å².